The number of amides is 1. The molecule has 0 radical (unpaired) electrons. The Hall–Kier alpha value is -1.58. The van der Waals surface area contributed by atoms with E-state index in [2.05, 4.69) is 27.5 Å². The molecule has 1 aliphatic heterocycles. The molecule has 8 heteroatoms. The standard InChI is InChI=1S/C18H29N5O2.HI/c1-3-19-17(21-12-8-15-7-5-6-11-20-15)22-16-9-13-23(14-10-16)18(24)25-4-2;/h5-7,11,16H,3-4,8-10,12-14H2,1-2H3,(H2,19,21,22);1H. The zero-order chi connectivity index (χ0) is 17.9. The van der Waals surface area contributed by atoms with Crippen LogP contribution in [0.25, 0.3) is 0 Å². The van der Waals surface area contributed by atoms with Crippen molar-refractivity contribution in [3.63, 3.8) is 0 Å². The third-order valence-corrected chi connectivity index (χ3v) is 4.07. The monoisotopic (exact) mass is 475 g/mol. The van der Waals surface area contributed by atoms with Gasteiger partial charge in [0.2, 0.25) is 0 Å². The molecule has 1 aromatic rings. The van der Waals surface area contributed by atoms with Crippen LogP contribution in [-0.4, -0.2) is 60.8 Å². The van der Waals surface area contributed by atoms with Crippen molar-refractivity contribution in [2.45, 2.75) is 39.2 Å². The lowest BCUT2D eigenvalue weighted by atomic mass is 10.1. The van der Waals surface area contributed by atoms with Gasteiger partial charge in [0.1, 0.15) is 0 Å². The number of piperidine rings is 1. The number of hydrogen-bond acceptors (Lipinski definition) is 4. The topological polar surface area (TPSA) is 78.9 Å². The molecular weight excluding hydrogens is 445 g/mol. The van der Waals surface area contributed by atoms with E-state index in [0.29, 0.717) is 32.3 Å². The fourth-order valence-corrected chi connectivity index (χ4v) is 2.76. The van der Waals surface area contributed by atoms with Gasteiger partial charge in [-0.25, -0.2) is 4.79 Å². The Morgan fingerprint density at radius 1 is 1.35 bits per heavy atom. The molecule has 2 heterocycles. The summed E-state index contributed by atoms with van der Waals surface area (Å²) in [6.45, 7) is 7.24. The number of guanidine groups is 1. The summed E-state index contributed by atoms with van der Waals surface area (Å²) in [5, 5.41) is 6.76. The number of carbonyl (C=O) groups excluding carboxylic acids is 1. The minimum atomic E-state index is -0.211. The van der Waals surface area contributed by atoms with Crippen LogP contribution >= 0.6 is 24.0 Å². The zero-order valence-electron chi connectivity index (χ0n) is 15.6. The Bertz CT molecular complexity index is 548. The predicted octanol–water partition coefficient (Wildman–Crippen LogP) is 2.42. The quantitative estimate of drug-likeness (QED) is 0.376. The van der Waals surface area contributed by atoms with Gasteiger partial charge in [-0.1, -0.05) is 6.07 Å². The van der Waals surface area contributed by atoms with Gasteiger partial charge < -0.3 is 20.3 Å². The zero-order valence-corrected chi connectivity index (χ0v) is 17.9. The van der Waals surface area contributed by atoms with Crippen molar-refractivity contribution in [2.75, 3.05) is 32.8 Å². The summed E-state index contributed by atoms with van der Waals surface area (Å²) in [4.78, 5) is 22.5. The van der Waals surface area contributed by atoms with Gasteiger partial charge in [0.15, 0.2) is 5.96 Å². The molecule has 1 saturated heterocycles. The normalized spacial score (nSPS) is 15.2. The van der Waals surface area contributed by atoms with Crippen LogP contribution < -0.4 is 10.6 Å². The minimum absolute atomic E-state index is 0. The number of nitrogens with zero attached hydrogens (tertiary/aromatic N) is 3. The molecule has 7 nitrogen and oxygen atoms in total. The minimum Gasteiger partial charge on any atom is -0.450 e. The van der Waals surface area contributed by atoms with Crippen molar-refractivity contribution in [1.29, 1.82) is 0 Å². The number of ether oxygens (including phenoxy) is 1. The first-order valence-corrected chi connectivity index (χ1v) is 9.09. The Morgan fingerprint density at radius 3 is 2.73 bits per heavy atom. The maximum absolute atomic E-state index is 11.7. The molecule has 0 unspecified atom stereocenters. The van der Waals surface area contributed by atoms with Crippen molar-refractivity contribution in [3.8, 4) is 0 Å². The molecule has 0 spiro atoms. The maximum atomic E-state index is 11.7. The van der Waals surface area contributed by atoms with Gasteiger partial charge in [0.25, 0.3) is 0 Å². The average Bonchev–Trinajstić information content (AvgIpc) is 2.63. The van der Waals surface area contributed by atoms with Crippen molar-refractivity contribution in [1.82, 2.24) is 20.5 Å². The molecule has 0 aliphatic carbocycles. The Labute approximate surface area is 173 Å². The van der Waals surface area contributed by atoms with Crippen LogP contribution in [0.2, 0.25) is 0 Å². The first kappa shape index (κ1) is 22.5. The summed E-state index contributed by atoms with van der Waals surface area (Å²) in [6, 6.07) is 6.24. The molecule has 1 aromatic heterocycles. The Kier molecular flexibility index (Phi) is 11.0. The molecule has 1 fully saturated rings. The van der Waals surface area contributed by atoms with E-state index in [-0.39, 0.29) is 30.1 Å². The van der Waals surface area contributed by atoms with Gasteiger partial charge in [0.05, 0.1) is 6.61 Å². The van der Waals surface area contributed by atoms with E-state index >= 15 is 0 Å². The number of halogens is 1. The van der Waals surface area contributed by atoms with Crippen molar-refractivity contribution < 1.29 is 9.53 Å². The van der Waals surface area contributed by atoms with E-state index in [0.717, 1.165) is 37.5 Å². The number of rotatable bonds is 6. The lowest BCUT2D eigenvalue weighted by Crippen LogP contribution is -2.50. The average molecular weight is 475 g/mol. The highest BCUT2D eigenvalue weighted by atomic mass is 127. The van der Waals surface area contributed by atoms with Crippen LogP contribution in [0.1, 0.15) is 32.4 Å². The largest absolute Gasteiger partial charge is 0.450 e. The highest BCUT2D eigenvalue weighted by Gasteiger charge is 2.23. The molecule has 1 aliphatic rings. The first-order chi connectivity index (χ1) is 12.2. The van der Waals surface area contributed by atoms with Crippen LogP contribution in [0.15, 0.2) is 29.4 Å². The molecule has 146 valence electrons. The van der Waals surface area contributed by atoms with Gasteiger partial charge in [-0.3, -0.25) is 9.98 Å². The van der Waals surface area contributed by atoms with Crippen LogP contribution in [0, 0.1) is 0 Å². The van der Waals surface area contributed by atoms with Crippen molar-refractivity contribution >= 4 is 36.0 Å². The number of hydrogen-bond donors (Lipinski definition) is 2. The third kappa shape index (κ3) is 7.76. The number of carbonyl (C=O) groups is 1. The molecule has 0 aromatic carbocycles. The fourth-order valence-electron chi connectivity index (χ4n) is 2.76. The van der Waals surface area contributed by atoms with Crippen LogP contribution in [-0.2, 0) is 11.2 Å². The molecule has 2 N–H and O–H groups in total. The second-order valence-electron chi connectivity index (χ2n) is 5.94. The summed E-state index contributed by atoms with van der Waals surface area (Å²) >= 11 is 0. The predicted molar refractivity (Wildman–Crippen MR) is 114 cm³/mol. The number of nitrogens with one attached hydrogen (secondary N) is 2. The lowest BCUT2D eigenvalue weighted by molar-refractivity contribution is 0.0963. The molecule has 0 atom stereocenters. The summed E-state index contributed by atoms with van der Waals surface area (Å²) in [7, 11) is 0. The second-order valence-corrected chi connectivity index (χ2v) is 5.94. The van der Waals surface area contributed by atoms with Crippen molar-refractivity contribution in [2.24, 2.45) is 4.99 Å². The van der Waals surface area contributed by atoms with Crippen LogP contribution in [0.3, 0.4) is 0 Å². The molecule has 0 bridgehead atoms. The SMILES string of the molecule is CCNC(=NCCc1ccccn1)NC1CCN(C(=O)OCC)CC1.I. The fraction of sp³-hybridized carbons (Fsp3) is 0.611. The Balaban J connectivity index is 0.00000338. The number of aromatic nitrogens is 1. The molecule has 26 heavy (non-hydrogen) atoms. The molecule has 2 rings (SSSR count). The van der Waals surface area contributed by atoms with Crippen LogP contribution in [0.5, 0.6) is 0 Å². The summed E-state index contributed by atoms with van der Waals surface area (Å²) in [5.41, 5.74) is 1.05. The van der Waals surface area contributed by atoms with Gasteiger partial charge in [-0.05, 0) is 38.8 Å². The Morgan fingerprint density at radius 2 is 2.12 bits per heavy atom. The van der Waals surface area contributed by atoms with E-state index in [4.69, 9.17) is 4.74 Å². The van der Waals surface area contributed by atoms with Crippen LogP contribution in [0.4, 0.5) is 4.79 Å². The van der Waals surface area contributed by atoms with Crippen molar-refractivity contribution in [3.05, 3.63) is 30.1 Å². The number of aliphatic imine (C=N–C) groups is 1. The number of likely N-dealkylation sites (tertiary alicyclic amines) is 1. The third-order valence-electron chi connectivity index (χ3n) is 4.07. The molecular formula is C18H30IN5O2. The molecule has 1 amide bonds. The van der Waals surface area contributed by atoms with E-state index in [9.17, 15) is 4.79 Å². The smallest absolute Gasteiger partial charge is 0.409 e. The maximum Gasteiger partial charge on any atom is 0.409 e. The van der Waals surface area contributed by atoms with E-state index in [1.165, 1.54) is 0 Å². The van der Waals surface area contributed by atoms with E-state index in [1.807, 2.05) is 25.1 Å². The van der Waals surface area contributed by atoms with Gasteiger partial charge >= 0.3 is 6.09 Å². The first-order valence-electron chi connectivity index (χ1n) is 9.09. The van der Waals surface area contributed by atoms with E-state index in [1.54, 1.807) is 11.1 Å². The highest BCUT2D eigenvalue weighted by molar-refractivity contribution is 14.0. The van der Waals surface area contributed by atoms with Gasteiger partial charge in [-0.15, -0.1) is 24.0 Å². The summed E-state index contributed by atoms with van der Waals surface area (Å²) < 4.78 is 5.06. The van der Waals surface area contributed by atoms with Gasteiger partial charge in [-0.2, -0.15) is 0 Å². The second kappa shape index (κ2) is 12.7. The highest BCUT2D eigenvalue weighted by Crippen LogP contribution is 2.11. The lowest BCUT2D eigenvalue weighted by Gasteiger charge is -2.32. The number of pyridine rings is 1. The molecule has 0 saturated carbocycles. The summed E-state index contributed by atoms with van der Waals surface area (Å²) in [6.07, 6.45) is 4.20. The van der Waals surface area contributed by atoms with Gasteiger partial charge in [0, 0.05) is 50.5 Å². The summed E-state index contributed by atoms with van der Waals surface area (Å²) in [5.74, 6) is 0.827. The van der Waals surface area contributed by atoms with E-state index < -0.39 is 0 Å².